The summed E-state index contributed by atoms with van der Waals surface area (Å²) < 4.78 is 22.0. The highest BCUT2D eigenvalue weighted by Gasteiger charge is 2.43. The van der Waals surface area contributed by atoms with Gasteiger partial charge in [-0.25, -0.2) is 8.98 Å². The molecule has 0 spiro atoms. The Morgan fingerprint density at radius 1 is 0.921 bits per heavy atom. The molecule has 0 aliphatic carbocycles. The topological polar surface area (TPSA) is 103 Å². The summed E-state index contributed by atoms with van der Waals surface area (Å²) in [5.74, 6) is -0.797. The lowest BCUT2D eigenvalue weighted by Crippen LogP contribution is -2.61. The van der Waals surface area contributed by atoms with Gasteiger partial charge in [0.1, 0.15) is 18.8 Å². The predicted molar refractivity (Wildman–Crippen MR) is 146 cm³/mol. The van der Waals surface area contributed by atoms with Crippen LogP contribution < -0.4 is 16.5 Å². The number of rotatable bonds is 9. The van der Waals surface area contributed by atoms with Crippen LogP contribution in [0.5, 0.6) is 0 Å². The Bertz CT molecular complexity index is 1310. The first-order valence-electron chi connectivity index (χ1n) is 13.3. The molecule has 2 aromatic carbocycles. The molecule has 2 heterocycles. The maximum Gasteiger partial charge on any atom is 0.248 e. The fourth-order valence-corrected chi connectivity index (χ4v) is 5.89. The number of hydrogen-bond acceptors (Lipinski definition) is 4. The van der Waals surface area contributed by atoms with Crippen LogP contribution in [0.2, 0.25) is 0 Å². The highest BCUT2D eigenvalue weighted by molar-refractivity contribution is 5.96. The van der Waals surface area contributed by atoms with E-state index in [1.165, 1.54) is 18.2 Å². The summed E-state index contributed by atoms with van der Waals surface area (Å²) >= 11 is 0. The fraction of sp³-hybridized carbons (Fsp3) is 0.400. The van der Waals surface area contributed by atoms with E-state index in [1.54, 1.807) is 12.3 Å². The van der Waals surface area contributed by atoms with Gasteiger partial charge in [-0.2, -0.15) is 5.01 Å². The van der Waals surface area contributed by atoms with E-state index in [-0.39, 0.29) is 23.1 Å². The van der Waals surface area contributed by atoms with Gasteiger partial charge in [-0.1, -0.05) is 27.7 Å². The number of benzene rings is 2. The highest BCUT2D eigenvalue weighted by atomic mass is 19.1. The lowest BCUT2D eigenvalue weighted by Gasteiger charge is -2.49. The fourth-order valence-electron chi connectivity index (χ4n) is 5.89. The molecule has 38 heavy (non-hydrogen) atoms. The van der Waals surface area contributed by atoms with Crippen molar-refractivity contribution in [1.29, 1.82) is 0 Å². The zero-order chi connectivity index (χ0) is 27.6. The summed E-state index contributed by atoms with van der Waals surface area (Å²) in [7, 11) is 0. The lowest BCUT2D eigenvalue weighted by atomic mass is 9.85. The Balaban J connectivity index is 2.09. The van der Waals surface area contributed by atoms with Crippen molar-refractivity contribution < 1.29 is 23.0 Å². The van der Waals surface area contributed by atoms with Gasteiger partial charge in [0.05, 0.1) is 12.0 Å². The van der Waals surface area contributed by atoms with Crippen molar-refractivity contribution in [1.82, 2.24) is 0 Å². The molecule has 1 saturated heterocycles. The molecule has 0 radical (unpaired) electrons. The Morgan fingerprint density at radius 2 is 1.61 bits per heavy atom. The number of furan rings is 1. The summed E-state index contributed by atoms with van der Waals surface area (Å²) in [5.41, 5.74) is 15.0. The molecule has 7 nitrogen and oxygen atoms in total. The van der Waals surface area contributed by atoms with Crippen molar-refractivity contribution in [3.8, 4) is 0 Å². The molecule has 4 rings (SSSR count). The summed E-state index contributed by atoms with van der Waals surface area (Å²) in [6.45, 7) is 10.2. The first kappa shape index (κ1) is 27.4. The molecule has 1 aliphatic rings. The minimum Gasteiger partial charge on any atom is -0.463 e. The molecule has 3 aromatic rings. The molecule has 8 heteroatoms. The second-order valence-electron chi connectivity index (χ2n) is 10.8. The summed E-state index contributed by atoms with van der Waals surface area (Å²) in [6.07, 6.45) is 4.61. The Kier molecular flexibility index (Phi) is 7.92. The molecular formula is C30H38FN4O3+. The third-order valence-electron chi connectivity index (χ3n) is 7.47. The number of halogens is 1. The number of hydrogen-bond donors (Lipinski definition) is 2. The van der Waals surface area contributed by atoms with Crippen molar-refractivity contribution in [2.24, 2.45) is 11.5 Å². The van der Waals surface area contributed by atoms with Crippen LogP contribution in [0.25, 0.3) is 0 Å². The SMILES string of the molecule is CC(C)c1c(C(N)=O)ccc(N(c2cc(C(N)=O)ccc2F)[N+]2(Cc3ccco3)CCCCC2)c1C(C)C. The molecule has 0 unspecified atom stereocenters. The zero-order valence-electron chi connectivity index (χ0n) is 22.7. The number of amides is 2. The molecule has 1 aliphatic heterocycles. The van der Waals surface area contributed by atoms with E-state index in [4.69, 9.17) is 15.9 Å². The van der Waals surface area contributed by atoms with Crippen LogP contribution in [-0.4, -0.2) is 29.5 Å². The minimum absolute atomic E-state index is 0.0000349. The van der Waals surface area contributed by atoms with Gasteiger partial charge in [0, 0.05) is 11.1 Å². The standard InChI is InChI=1S/C30H37FN4O3/c1-19(2)27-23(30(33)37)11-13-25(28(27)20(3)4)34(26-17-21(29(32)36)10-12-24(26)31)35(14-6-5-7-15-35)18-22-9-8-16-38-22/h8-13,16-17,19-20H,5-7,14-15,18H2,1-4H3,(H3-,32,33,36,37)/p+1. The van der Waals surface area contributed by atoms with E-state index >= 15 is 4.39 Å². The highest BCUT2D eigenvalue weighted by Crippen LogP contribution is 2.45. The number of carbonyl (C=O) groups excluding carboxylic acids is 2. The number of nitrogens with zero attached hydrogens (tertiary/aromatic N) is 2. The van der Waals surface area contributed by atoms with E-state index in [0.29, 0.717) is 16.7 Å². The van der Waals surface area contributed by atoms with Gasteiger partial charge in [0.2, 0.25) is 11.8 Å². The van der Waals surface area contributed by atoms with Crippen LogP contribution in [0, 0.1) is 5.82 Å². The van der Waals surface area contributed by atoms with Gasteiger partial charge in [-0.05, 0) is 84.7 Å². The van der Waals surface area contributed by atoms with E-state index in [2.05, 4.69) is 13.8 Å². The molecule has 0 saturated carbocycles. The van der Waals surface area contributed by atoms with Crippen molar-refractivity contribution in [2.75, 3.05) is 18.1 Å². The van der Waals surface area contributed by atoms with Crippen LogP contribution in [0.4, 0.5) is 15.8 Å². The summed E-state index contributed by atoms with van der Waals surface area (Å²) in [4.78, 5) is 24.7. The first-order chi connectivity index (χ1) is 18.1. The van der Waals surface area contributed by atoms with Crippen LogP contribution in [0.15, 0.2) is 53.1 Å². The van der Waals surface area contributed by atoms with E-state index in [9.17, 15) is 9.59 Å². The molecule has 1 fully saturated rings. The summed E-state index contributed by atoms with van der Waals surface area (Å²) in [5, 5.41) is 2.01. The molecular weight excluding hydrogens is 483 g/mol. The maximum atomic E-state index is 15.9. The molecule has 0 atom stereocenters. The zero-order valence-corrected chi connectivity index (χ0v) is 22.7. The molecule has 2 amide bonds. The van der Waals surface area contributed by atoms with Gasteiger partial charge >= 0.3 is 0 Å². The Morgan fingerprint density at radius 3 is 2.16 bits per heavy atom. The lowest BCUT2D eigenvalue weighted by molar-refractivity contribution is -0.948. The number of piperidine rings is 1. The average Bonchev–Trinajstić information content (AvgIpc) is 3.37. The number of primary amides is 2. The maximum absolute atomic E-state index is 15.9. The predicted octanol–water partition coefficient (Wildman–Crippen LogP) is 6.12. The molecule has 202 valence electrons. The monoisotopic (exact) mass is 521 g/mol. The van der Waals surface area contributed by atoms with Crippen molar-refractivity contribution >= 4 is 23.2 Å². The van der Waals surface area contributed by atoms with Crippen molar-refractivity contribution in [3.05, 3.63) is 82.6 Å². The van der Waals surface area contributed by atoms with Crippen molar-refractivity contribution in [3.63, 3.8) is 0 Å². The number of carbonyl (C=O) groups is 2. The van der Waals surface area contributed by atoms with Crippen LogP contribution >= 0.6 is 0 Å². The van der Waals surface area contributed by atoms with Crippen LogP contribution in [-0.2, 0) is 6.54 Å². The van der Waals surface area contributed by atoms with Gasteiger partial charge in [-0.3, -0.25) is 9.59 Å². The van der Waals surface area contributed by atoms with Crippen molar-refractivity contribution in [2.45, 2.75) is 65.3 Å². The third-order valence-corrected chi connectivity index (χ3v) is 7.47. The molecule has 4 N–H and O–H groups in total. The quantitative estimate of drug-likeness (QED) is 0.331. The molecule has 0 bridgehead atoms. The Hall–Kier alpha value is -3.65. The van der Waals surface area contributed by atoms with E-state index < -0.39 is 17.6 Å². The number of likely N-dealkylation sites (tertiary alicyclic amines) is 1. The van der Waals surface area contributed by atoms with Gasteiger partial charge in [-0.15, -0.1) is 0 Å². The van der Waals surface area contributed by atoms with E-state index in [1.807, 2.05) is 37.1 Å². The number of anilines is 2. The van der Waals surface area contributed by atoms with E-state index in [0.717, 1.165) is 54.9 Å². The average molecular weight is 522 g/mol. The second-order valence-corrected chi connectivity index (χ2v) is 10.8. The first-order valence-corrected chi connectivity index (χ1v) is 13.3. The smallest absolute Gasteiger partial charge is 0.248 e. The Labute approximate surface area is 223 Å². The van der Waals surface area contributed by atoms with Gasteiger partial charge < -0.3 is 15.9 Å². The largest absolute Gasteiger partial charge is 0.463 e. The normalized spacial score (nSPS) is 15.1. The third kappa shape index (κ3) is 5.18. The van der Waals surface area contributed by atoms with Crippen LogP contribution in [0.3, 0.4) is 0 Å². The number of nitrogens with two attached hydrogens (primary N) is 2. The van der Waals surface area contributed by atoms with Gasteiger partial charge in [0.15, 0.2) is 18.1 Å². The molecule has 1 aromatic heterocycles. The van der Waals surface area contributed by atoms with Crippen LogP contribution in [0.1, 0.15) is 96.4 Å². The number of quaternary nitrogens is 1. The summed E-state index contributed by atoms with van der Waals surface area (Å²) in [6, 6.07) is 11.6. The minimum atomic E-state index is -0.626. The van der Waals surface area contributed by atoms with Gasteiger partial charge in [0.25, 0.3) is 0 Å². The second kappa shape index (κ2) is 11.0.